The Labute approximate surface area is 133 Å². The van der Waals surface area contributed by atoms with Crippen molar-refractivity contribution in [1.82, 2.24) is 0 Å². The van der Waals surface area contributed by atoms with E-state index in [1.165, 1.54) is 0 Å². The quantitative estimate of drug-likeness (QED) is 0.620. The lowest BCUT2D eigenvalue weighted by molar-refractivity contribution is -0.179. The van der Waals surface area contributed by atoms with Crippen LogP contribution in [0.2, 0.25) is 0 Å². The summed E-state index contributed by atoms with van der Waals surface area (Å²) in [6.07, 6.45) is 0.423. The molecule has 0 aromatic heterocycles. The SMILES string of the molecule is COc1ccc(C(=O)O[C@H]2[C@@H]3CCO[C@H]4OC[C@]5(O[C@@H]25)[C@@H]43)cc1. The van der Waals surface area contributed by atoms with Gasteiger partial charge in [-0.3, -0.25) is 0 Å². The van der Waals surface area contributed by atoms with Gasteiger partial charge in [0.05, 0.1) is 31.8 Å². The molecule has 122 valence electrons. The van der Waals surface area contributed by atoms with Gasteiger partial charge in [-0.05, 0) is 30.7 Å². The number of hydrogen-bond acceptors (Lipinski definition) is 6. The lowest BCUT2D eigenvalue weighted by Crippen LogP contribution is -2.41. The van der Waals surface area contributed by atoms with Gasteiger partial charge in [0, 0.05) is 5.92 Å². The number of carbonyl (C=O) groups is 1. The van der Waals surface area contributed by atoms with E-state index in [1.54, 1.807) is 31.4 Å². The molecule has 1 saturated carbocycles. The van der Waals surface area contributed by atoms with Crippen molar-refractivity contribution in [3.63, 3.8) is 0 Å². The summed E-state index contributed by atoms with van der Waals surface area (Å²) in [6, 6.07) is 6.95. The predicted octanol–water partition coefficient (Wildman–Crippen LogP) is 1.38. The average molecular weight is 318 g/mol. The topological polar surface area (TPSA) is 66.5 Å². The molecule has 6 nitrogen and oxygen atoms in total. The molecule has 0 radical (unpaired) electrons. The minimum atomic E-state index is -0.313. The van der Waals surface area contributed by atoms with Gasteiger partial charge in [-0.2, -0.15) is 0 Å². The van der Waals surface area contributed by atoms with Gasteiger partial charge < -0.3 is 23.7 Å². The van der Waals surface area contributed by atoms with Crippen LogP contribution in [-0.4, -0.2) is 50.4 Å². The van der Waals surface area contributed by atoms with Gasteiger partial charge in [0.2, 0.25) is 0 Å². The Morgan fingerprint density at radius 3 is 2.87 bits per heavy atom. The van der Waals surface area contributed by atoms with Crippen molar-refractivity contribution in [3.05, 3.63) is 29.8 Å². The van der Waals surface area contributed by atoms with Crippen molar-refractivity contribution < 1.29 is 28.5 Å². The zero-order chi connectivity index (χ0) is 15.6. The second-order valence-corrected chi connectivity index (χ2v) is 6.62. The summed E-state index contributed by atoms with van der Waals surface area (Å²) >= 11 is 0. The third-order valence-electron chi connectivity index (χ3n) is 5.59. The molecule has 3 aliphatic heterocycles. The van der Waals surface area contributed by atoms with Crippen LogP contribution in [0.3, 0.4) is 0 Å². The predicted molar refractivity (Wildman–Crippen MR) is 77.1 cm³/mol. The number of ether oxygens (including phenoxy) is 5. The molecule has 0 N–H and O–H groups in total. The van der Waals surface area contributed by atoms with Gasteiger partial charge in [0.1, 0.15) is 23.6 Å². The number of methoxy groups -OCH3 is 1. The minimum Gasteiger partial charge on any atom is -0.497 e. The second-order valence-electron chi connectivity index (χ2n) is 6.62. The molecule has 1 aromatic rings. The van der Waals surface area contributed by atoms with Crippen molar-refractivity contribution >= 4 is 5.97 Å². The van der Waals surface area contributed by atoms with E-state index in [2.05, 4.69) is 0 Å². The van der Waals surface area contributed by atoms with Gasteiger partial charge in [-0.1, -0.05) is 0 Å². The third-order valence-corrected chi connectivity index (χ3v) is 5.59. The normalized spacial score (nSPS) is 42.7. The van der Waals surface area contributed by atoms with Gasteiger partial charge in [-0.25, -0.2) is 4.79 Å². The summed E-state index contributed by atoms with van der Waals surface area (Å²) in [5.74, 6) is 0.852. The monoisotopic (exact) mass is 318 g/mol. The Kier molecular flexibility index (Phi) is 2.81. The van der Waals surface area contributed by atoms with Gasteiger partial charge in [0.15, 0.2) is 6.29 Å². The fraction of sp³-hybridized carbons (Fsp3) is 0.588. The van der Waals surface area contributed by atoms with Gasteiger partial charge >= 0.3 is 5.97 Å². The molecule has 23 heavy (non-hydrogen) atoms. The minimum absolute atomic E-state index is 0.0496. The highest BCUT2D eigenvalue weighted by Gasteiger charge is 2.80. The molecular formula is C17H18O6. The van der Waals surface area contributed by atoms with E-state index in [9.17, 15) is 4.79 Å². The summed E-state index contributed by atoms with van der Waals surface area (Å²) in [4.78, 5) is 12.5. The molecule has 6 atom stereocenters. The molecule has 6 heteroatoms. The zero-order valence-electron chi connectivity index (χ0n) is 12.8. The smallest absolute Gasteiger partial charge is 0.338 e. The summed E-state index contributed by atoms with van der Waals surface area (Å²) in [5, 5.41) is 0. The maximum atomic E-state index is 12.5. The molecule has 0 bridgehead atoms. The van der Waals surface area contributed by atoms with Crippen LogP contribution >= 0.6 is 0 Å². The molecule has 1 spiro atoms. The summed E-state index contributed by atoms with van der Waals surface area (Å²) < 4.78 is 28.2. The first kappa shape index (κ1) is 13.8. The highest BCUT2D eigenvalue weighted by atomic mass is 16.7. The van der Waals surface area contributed by atoms with Crippen molar-refractivity contribution in [2.45, 2.75) is 30.5 Å². The fourth-order valence-electron chi connectivity index (χ4n) is 4.45. The number of carbonyl (C=O) groups excluding carboxylic acids is 1. The zero-order valence-corrected chi connectivity index (χ0v) is 12.8. The van der Waals surface area contributed by atoms with Crippen molar-refractivity contribution in [1.29, 1.82) is 0 Å². The van der Waals surface area contributed by atoms with E-state index in [0.29, 0.717) is 24.5 Å². The number of hydrogen-bond donors (Lipinski definition) is 0. The molecule has 4 fully saturated rings. The van der Waals surface area contributed by atoms with E-state index in [-0.39, 0.29) is 41.9 Å². The van der Waals surface area contributed by atoms with Crippen LogP contribution < -0.4 is 4.74 Å². The van der Waals surface area contributed by atoms with Gasteiger partial charge in [-0.15, -0.1) is 0 Å². The summed E-state index contributed by atoms with van der Waals surface area (Å²) in [5.41, 5.74) is 0.248. The fourth-order valence-corrected chi connectivity index (χ4v) is 4.45. The highest BCUT2D eigenvalue weighted by molar-refractivity contribution is 5.89. The van der Waals surface area contributed by atoms with Crippen LogP contribution in [0, 0.1) is 11.8 Å². The summed E-state index contributed by atoms with van der Waals surface area (Å²) in [7, 11) is 1.60. The van der Waals surface area contributed by atoms with E-state index in [1.807, 2.05) is 0 Å². The Hall–Kier alpha value is -1.63. The molecule has 3 heterocycles. The highest BCUT2D eigenvalue weighted by Crippen LogP contribution is 2.64. The first-order chi connectivity index (χ1) is 11.2. The van der Waals surface area contributed by atoms with E-state index in [0.717, 1.165) is 6.42 Å². The maximum Gasteiger partial charge on any atom is 0.338 e. The lowest BCUT2D eigenvalue weighted by atomic mass is 9.85. The molecule has 1 aromatic carbocycles. The van der Waals surface area contributed by atoms with Crippen LogP contribution in [0.4, 0.5) is 0 Å². The average Bonchev–Trinajstić information content (AvgIpc) is 3.10. The number of epoxide rings is 1. The Balaban J connectivity index is 1.35. The standard InChI is InChI=1S/C17H18O6/c1-19-10-4-2-9(3-5-10)15(18)22-13-11-6-7-20-16-12(11)17(8-21-16)14(13)23-17/h2-5,11-14,16H,6-8H2,1H3/t11-,12-,13+,14+,16+,17+/m1/s1. The van der Waals surface area contributed by atoms with E-state index in [4.69, 9.17) is 23.7 Å². The first-order valence-electron chi connectivity index (χ1n) is 7.99. The molecule has 0 unspecified atom stereocenters. The third kappa shape index (κ3) is 1.83. The molecule has 3 saturated heterocycles. The Morgan fingerprint density at radius 1 is 1.26 bits per heavy atom. The van der Waals surface area contributed by atoms with Crippen LogP contribution in [0.1, 0.15) is 16.8 Å². The van der Waals surface area contributed by atoms with Crippen LogP contribution in [0.5, 0.6) is 5.75 Å². The van der Waals surface area contributed by atoms with E-state index < -0.39 is 0 Å². The van der Waals surface area contributed by atoms with Crippen molar-refractivity contribution in [2.24, 2.45) is 11.8 Å². The van der Waals surface area contributed by atoms with Crippen molar-refractivity contribution in [3.8, 4) is 5.75 Å². The number of esters is 1. The van der Waals surface area contributed by atoms with E-state index >= 15 is 0 Å². The molecule has 1 aliphatic carbocycles. The Morgan fingerprint density at radius 2 is 2.09 bits per heavy atom. The van der Waals surface area contributed by atoms with Crippen molar-refractivity contribution in [2.75, 3.05) is 20.3 Å². The molecule has 5 rings (SSSR count). The molecular weight excluding hydrogens is 300 g/mol. The van der Waals surface area contributed by atoms with Crippen LogP contribution in [-0.2, 0) is 18.9 Å². The molecule has 4 aliphatic rings. The van der Waals surface area contributed by atoms with Gasteiger partial charge in [0.25, 0.3) is 0 Å². The van der Waals surface area contributed by atoms with Crippen LogP contribution in [0.25, 0.3) is 0 Å². The largest absolute Gasteiger partial charge is 0.497 e. The molecule has 0 amide bonds. The number of benzene rings is 1. The van der Waals surface area contributed by atoms with Crippen LogP contribution in [0.15, 0.2) is 24.3 Å². The number of rotatable bonds is 3. The summed E-state index contributed by atoms with van der Waals surface area (Å²) in [6.45, 7) is 1.19. The lowest BCUT2D eigenvalue weighted by Gasteiger charge is -2.34. The Bertz CT molecular complexity index is 643. The first-order valence-corrected chi connectivity index (χ1v) is 7.99. The maximum absolute atomic E-state index is 12.5. The second kappa shape index (κ2) is 4.69.